The molecule has 0 bridgehead atoms. The molecule has 0 aromatic heterocycles. The van der Waals surface area contributed by atoms with E-state index in [-0.39, 0.29) is 23.7 Å². The lowest BCUT2D eigenvalue weighted by Crippen LogP contribution is -2.03. The molecule has 1 atom stereocenters. The Morgan fingerprint density at radius 3 is 2.53 bits per heavy atom. The number of halogens is 1. The molecular formula is C11H13FO4S. The Bertz CT molecular complexity index is 537. The number of hydrogen-bond acceptors (Lipinski definition) is 4. The van der Waals surface area contributed by atoms with E-state index >= 15 is 0 Å². The first-order valence-electron chi connectivity index (χ1n) is 4.93. The number of rotatable bonds is 4. The van der Waals surface area contributed by atoms with E-state index in [1.807, 2.05) is 0 Å². The second-order valence-electron chi connectivity index (χ2n) is 3.92. The minimum atomic E-state index is -3.72. The fraction of sp³-hybridized carbons (Fsp3) is 0.364. The van der Waals surface area contributed by atoms with Crippen LogP contribution in [0.25, 0.3) is 0 Å². The van der Waals surface area contributed by atoms with Crippen LogP contribution < -0.4 is 0 Å². The molecule has 0 saturated heterocycles. The van der Waals surface area contributed by atoms with Gasteiger partial charge in [0.25, 0.3) is 0 Å². The lowest BCUT2D eigenvalue weighted by molar-refractivity contribution is -0.108. The minimum Gasteiger partial charge on any atom is -0.508 e. The van der Waals surface area contributed by atoms with Crippen molar-refractivity contribution in [2.24, 2.45) is 0 Å². The van der Waals surface area contributed by atoms with Gasteiger partial charge in [-0.1, -0.05) is 6.92 Å². The highest BCUT2D eigenvalue weighted by atomic mass is 32.2. The maximum absolute atomic E-state index is 13.5. The number of hydrogen-bond donors (Lipinski definition) is 1. The first-order valence-corrected chi connectivity index (χ1v) is 6.82. The Balaban J connectivity index is 3.32. The van der Waals surface area contributed by atoms with Gasteiger partial charge in [-0.2, -0.15) is 0 Å². The van der Waals surface area contributed by atoms with Crippen molar-refractivity contribution in [1.82, 2.24) is 0 Å². The topological polar surface area (TPSA) is 71.4 Å². The Kier molecular flexibility index (Phi) is 3.87. The van der Waals surface area contributed by atoms with Crippen LogP contribution in [0.2, 0.25) is 0 Å². The highest BCUT2D eigenvalue weighted by Gasteiger charge is 2.19. The summed E-state index contributed by atoms with van der Waals surface area (Å²) in [6, 6.07) is 1.83. The molecule has 1 aromatic carbocycles. The largest absolute Gasteiger partial charge is 0.508 e. The number of sulfone groups is 1. The standard InChI is InChI=1S/C11H13FO4S/c1-7(3-4-13)8-5-9(12)11(6-10(8)14)17(2,15)16/h4-7,14H,3H2,1-2H3. The van der Waals surface area contributed by atoms with Crippen molar-refractivity contribution in [3.05, 3.63) is 23.5 Å². The molecule has 0 saturated carbocycles. The third-order valence-corrected chi connectivity index (χ3v) is 3.57. The number of aromatic hydroxyl groups is 1. The zero-order chi connectivity index (χ0) is 13.2. The monoisotopic (exact) mass is 260 g/mol. The average Bonchev–Trinajstić information content (AvgIpc) is 2.19. The van der Waals surface area contributed by atoms with Crippen molar-refractivity contribution in [3.8, 4) is 5.75 Å². The molecule has 1 unspecified atom stereocenters. The molecule has 4 nitrogen and oxygen atoms in total. The number of phenols is 1. The summed E-state index contributed by atoms with van der Waals surface area (Å²) in [5.41, 5.74) is 0.224. The molecular weight excluding hydrogens is 247 g/mol. The molecule has 0 radical (unpaired) electrons. The second-order valence-corrected chi connectivity index (χ2v) is 5.90. The average molecular weight is 260 g/mol. The van der Waals surface area contributed by atoms with Gasteiger partial charge in [-0.25, -0.2) is 12.8 Å². The third kappa shape index (κ3) is 3.03. The van der Waals surface area contributed by atoms with Crippen LogP contribution in [-0.4, -0.2) is 26.1 Å². The summed E-state index contributed by atoms with van der Waals surface area (Å²) < 4.78 is 36.0. The normalized spacial score (nSPS) is 13.4. The van der Waals surface area contributed by atoms with Crippen LogP contribution in [0.15, 0.2) is 17.0 Å². The Labute approximate surface area is 99.0 Å². The van der Waals surface area contributed by atoms with E-state index in [0.29, 0.717) is 6.29 Å². The Hall–Kier alpha value is -1.43. The van der Waals surface area contributed by atoms with Gasteiger partial charge in [0.15, 0.2) is 9.84 Å². The third-order valence-electron chi connectivity index (χ3n) is 2.46. The minimum absolute atomic E-state index is 0.130. The highest BCUT2D eigenvalue weighted by Crippen LogP contribution is 2.31. The zero-order valence-corrected chi connectivity index (χ0v) is 10.3. The summed E-state index contributed by atoms with van der Waals surface area (Å²) in [4.78, 5) is 9.80. The van der Waals surface area contributed by atoms with Crippen LogP contribution in [-0.2, 0) is 14.6 Å². The summed E-state index contributed by atoms with van der Waals surface area (Å²) in [7, 11) is -3.72. The SMILES string of the molecule is CC(CC=O)c1cc(F)c(S(C)(=O)=O)cc1O. The molecule has 0 heterocycles. The molecule has 0 spiro atoms. The molecule has 1 N–H and O–H groups in total. The van der Waals surface area contributed by atoms with Crippen molar-refractivity contribution < 1.29 is 22.7 Å². The fourth-order valence-electron chi connectivity index (χ4n) is 1.51. The van der Waals surface area contributed by atoms with Gasteiger partial charge in [0.05, 0.1) is 0 Å². The lowest BCUT2D eigenvalue weighted by atomic mass is 9.97. The molecule has 17 heavy (non-hydrogen) atoms. The van der Waals surface area contributed by atoms with E-state index in [4.69, 9.17) is 0 Å². The molecule has 0 amide bonds. The number of benzene rings is 1. The second kappa shape index (κ2) is 4.83. The molecule has 6 heteroatoms. The van der Waals surface area contributed by atoms with Crippen molar-refractivity contribution in [2.75, 3.05) is 6.26 Å². The van der Waals surface area contributed by atoms with Gasteiger partial charge < -0.3 is 9.90 Å². The Morgan fingerprint density at radius 2 is 2.06 bits per heavy atom. The number of carbonyl (C=O) groups excluding carboxylic acids is 1. The summed E-state index contributed by atoms with van der Waals surface area (Å²) in [6.07, 6.45) is 1.65. The quantitative estimate of drug-likeness (QED) is 0.835. The maximum atomic E-state index is 13.5. The smallest absolute Gasteiger partial charge is 0.178 e. The van der Waals surface area contributed by atoms with E-state index in [9.17, 15) is 22.7 Å². The molecule has 1 aromatic rings. The van der Waals surface area contributed by atoms with Gasteiger partial charge in [-0.15, -0.1) is 0 Å². The number of aldehydes is 1. The Morgan fingerprint density at radius 1 is 1.47 bits per heavy atom. The van der Waals surface area contributed by atoms with Crippen molar-refractivity contribution in [3.63, 3.8) is 0 Å². The predicted molar refractivity (Wildman–Crippen MR) is 60.3 cm³/mol. The molecule has 0 fully saturated rings. The molecule has 1 rings (SSSR count). The van der Waals surface area contributed by atoms with E-state index in [2.05, 4.69) is 0 Å². The van der Waals surface area contributed by atoms with Gasteiger partial charge in [0, 0.05) is 24.3 Å². The van der Waals surface area contributed by atoms with Gasteiger partial charge in [-0.3, -0.25) is 0 Å². The van der Waals surface area contributed by atoms with Gasteiger partial charge in [0.1, 0.15) is 22.7 Å². The number of phenolic OH excluding ortho intramolecular Hbond substituents is 1. The summed E-state index contributed by atoms with van der Waals surface area (Å²) >= 11 is 0. The first-order chi connectivity index (χ1) is 7.77. The molecule has 94 valence electrons. The van der Waals surface area contributed by atoms with Gasteiger partial charge >= 0.3 is 0 Å². The summed E-state index contributed by atoms with van der Waals surface area (Å²) in [5, 5.41) is 9.63. The molecule has 0 aliphatic heterocycles. The van der Waals surface area contributed by atoms with E-state index < -0.39 is 20.5 Å². The van der Waals surface area contributed by atoms with E-state index in [0.717, 1.165) is 18.4 Å². The van der Waals surface area contributed by atoms with Crippen molar-refractivity contribution >= 4 is 16.1 Å². The fourth-order valence-corrected chi connectivity index (χ4v) is 2.25. The number of carbonyl (C=O) groups is 1. The molecule has 0 aliphatic carbocycles. The van der Waals surface area contributed by atoms with Gasteiger partial charge in [0.2, 0.25) is 0 Å². The summed E-state index contributed by atoms with van der Waals surface area (Å²) in [6.45, 7) is 1.64. The lowest BCUT2D eigenvalue weighted by Gasteiger charge is -2.12. The van der Waals surface area contributed by atoms with Crippen molar-refractivity contribution in [1.29, 1.82) is 0 Å². The molecule has 0 aliphatic rings. The zero-order valence-electron chi connectivity index (χ0n) is 9.47. The highest BCUT2D eigenvalue weighted by molar-refractivity contribution is 7.90. The van der Waals surface area contributed by atoms with Crippen LogP contribution in [0.4, 0.5) is 4.39 Å². The van der Waals surface area contributed by atoms with Crippen LogP contribution in [0.5, 0.6) is 5.75 Å². The van der Waals surface area contributed by atoms with Crippen LogP contribution in [0.1, 0.15) is 24.8 Å². The first kappa shape index (κ1) is 13.6. The van der Waals surface area contributed by atoms with Crippen molar-refractivity contribution in [2.45, 2.75) is 24.2 Å². The van der Waals surface area contributed by atoms with Gasteiger partial charge in [-0.05, 0) is 12.0 Å². The van der Waals surface area contributed by atoms with Crippen LogP contribution >= 0.6 is 0 Å². The van der Waals surface area contributed by atoms with E-state index in [1.165, 1.54) is 0 Å². The predicted octanol–water partition coefficient (Wildman–Crippen LogP) is 1.63. The van der Waals surface area contributed by atoms with Crippen LogP contribution in [0, 0.1) is 5.82 Å². The van der Waals surface area contributed by atoms with E-state index in [1.54, 1.807) is 6.92 Å². The maximum Gasteiger partial charge on any atom is 0.178 e. The summed E-state index contributed by atoms with van der Waals surface area (Å²) in [5.74, 6) is -1.60. The van der Waals surface area contributed by atoms with Crippen LogP contribution in [0.3, 0.4) is 0 Å².